The lowest BCUT2D eigenvalue weighted by Gasteiger charge is -2.38. The molecule has 0 amide bonds. The van der Waals surface area contributed by atoms with E-state index >= 15 is 0 Å². The molecule has 0 spiro atoms. The summed E-state index contributed by atoms with van der Waals surface area (Å²) in [5.41, 5.74) is 2.48. The lowest BCUT2D eigenvalue weighted by atomic mass is 10.1. The van der Waals surface area contributed by atoms with Crippen molar-refractivity contribution in [3.8, 4) is 6.07 Å². The molecule has 1 aliphatic heterocycles. The lowest BCUT2D eigenvalue weighted by Crippen LogP contribution is -2.51. The van der Waals surface area contributed by atoms with Crippen molar-refractivity contribution >= 4 is 5.97 Å². The molecule has 0 aromatic heterocycles. The standard InChI is InChI=1S/C20H21N3O2/c21-12-19-15-22(13-17-7-4-8-18(11-17)20(24)25)9-10-23(19)14-16-5-2-1-3-6-16/h1-8,11,19H,9-10,13-15H2,(H,24,25). The predicted molar refractivity (Wildman–Crippen MR) is 94.9 cm³/mol. The molecule has 25 heavy (non-hydrogen) atoms. The van der Waals surface area contributed by atoms with Gasteiger partial charge in [-0.25, -0.2) is 4.79 Å². The van der Waals surface area contributed by atoms with Gasteiger partial charge in [0.25, 0.3) is 0 Å². The normalized spacial score (nSPS) is 18.6. The molecule has 5 heteroatoms. The maximum Gasteiger partial charge on any atom is 0.335 e. The number of aromatic carboxylic acids is 1. The second-order valence-electron chi connectivity index (χ2n) is 6.34. The van der Waals surface area contributed by atoms with E-state index in [-0.39, 0.29) is 6.04 Å². The van der Waals surface area contributed by atoms with Gasteiger partial charge in [-0.15, -0.1) is 0 Å². The van der Waals surface area contributed by atoms with Crippen molar-refractivity contribution in [2.75, 3.05) is 19.6 Å². The summed E-state index contributed by atoms with van der Waals surface area (Å²) in [7, 11) is 0. The van der Waals surface area contributed by atoms with Gasteiger partial charge in [0.2, 0.25) is 0 Å². The number of rotatable bonds is 5. The molecule has 1 aliphatic rings. The van der Waals surface area contributed by atoms with Crippen LogP contribution in [0.5, 0.6) is 0 Å². The quantitative estimate of drug-likeness (QED) is 0.910. The Bertz CT molecular complexity index is 770. The van der Waals surface area contributed by atoms with E-state index < -0.39 is 5.97 Å². The summed E-state index contributed by atoms with van der Waals surface area (Å²) in [6.07, 6.45) is 0. The van der Waals surface area contributed by atoms with E-state index in [1.807, 2.05) is 24.3 Å². The monoisotopic (exact) mass is 335 g/mol. The van der Waals surface area contributed by atoms with Crippen LogP contribution in [0.4, 0.5) is 0 Å². The van der Waals surface area contributed by atoms with Crippen LogP contribution in [0.25, 0.3) is 0 Å². The van der Waals surface area contributed by atoms with Crippen LogP contribution in [0, 0.1) is 11.3 Å². The van der Waals surface area contributed by atoms with Crippen molar-refractivity contribution in [2.24, 2.45) is 0 Å². The van der Waals surface area contributed by atoms with Gasteiger partial charge in [0.05, 0.1) is 11.6 Å². The maximum absolute atomic E-state index is 11.1. The van der Waals surface area contributed by atoms with Crippen LogP contribution in [0.3, 0.4) is 0 Å². The second kappa shape index (κ2) is 7.93. The van der Waals surface area contributed by atoms with Gasteiger partial charge in [0.15, 0.2) is 0 Å². The van der Waals surface area contributed by atoms with E-state index in [9.17, 15) is 10.1 Å². The molecule has 0 aliphatic carbocycles. The van der Waals surface area contributed by atoms with E-state index in [1.165, 1.54) is 5.56 Å². The van der Waals surface area contributed by atoms with Crippen molar-refractivity contribution in [1.29, 1.82) is 5.26 Å². The Labute approximate surface area is 147 Å². The number of carbonyl (C=O) groups is 1. The van der Waals surface area contributed by atoms with Gasteiger partial charge in [-0.05, 0) is 23.3 Å². The summed E-state index contributed by atoms with van der Waals surface area (Å²) < 4.78 is 0. The van der Waals surface area contributed by atoms with E-state index in [0.717, 1.165) is 25.2 Å². The minimum absolute atomic E-state index is 0.156. The summed E-state index contributed by atoms with van der Waals surface area (Å²) in [5.74, 6) is -0.913. The van der Waals surface area contributed by atoms with E-state index in [1.54, 1.807) is 18.2 Å². The average Bonchev–Trinajstić information content (AvgIpc) is 2.64. The molecular weight excluding hydrogens is 314 g/mol. The fourth-order valence-electron chi connectivity index (χ4n) is 3.21. The highest BCUT2D eigenvalue weighted by atomic mass is 16.4. The van der Waals surface area contributed by atoms with Crippen LogP contribution < -0.4 is 0 Å². The highest BCUT2D eigenvalue weighted by molar-refractivity contribution is 5.87. The van der Waals surface area contributed by atoms with Crippen LogP contribution in [-0.2, 0) is 13.1 Å². The van der Waals surface area contributed by atoms with Gasteiger partial charge >= 0.3 is 5.97 Å². The number of carboxylic acids is 1. The first-order chi connectivity index (χ1) is 12.2. The van der Waals surface area contributed by atoms with Gasteiger partial charge in [-0.2, -0.15) is 5.26 Å². The Morgan fingerprint density at radius 3 is 2.56 bits per heavy atom. The first-order valence-corrected chi connectivity index (χ1v) is 8.38. The van der Waals surface area contributed by atoms with Gasteiger partial charge < -0.3 is 5.11 Å². The Morgan fingerprint density at radius 2 is 1.84 bits per heavy atom. The van der Waals surface area contributed by atoms with Crippen LogP contribution in [0.15, 0.2) is 54.6 Å². The third kappa shape index (κ3) is 4.44. The molecule has 3 rings (SSSR count). The number of hydrogen-bond donors (Lipinski definition) is 1. The molecule has 2 aromatic carbocycles. The third-order valence-electron chi connectivity index (χ3n) is 4.53. The Hall–Kier alpha value is -2.68. The Morgan fingerprint density at radius 1 is 1.08 bits per heavy atom. The Balaban J connectivity index is 1.63. The molecule has 1 heterocycles. The molecule has 128 valence electrons. The molecule has 0 bridgehead atoms. The second-order valence-corrected chi connectivity index (χ2v) is 6.34. The highest BCUT2D eigenvalue weighted by Crippen LogP contribution is 2.16. The van der Waals surface area contributed by atoms with Crippen LogP contribution in [0.1, 0.15) is 21.5 Å². The number of hydrogen-bond acceptors (Lipinski definition) is 4. The number of piperazine rings is 1. The number of benzene rings is 2. The number of carboxylic acid groups (broad SMARTS) is 1. The van der Waals surface area contributed by atoms with Gasteiger partial charge in [-0.1, -0.05) is 42.5 Å². The van der Waals surface area contributed by atoms with Crippen molar-refractivity contribution in [2.45, 2.75) is 19.1 Å². The summed E-state index contributed by atoms with van der Waals surface area (Å²) in [4.78, 5) is 15.5. The van der Waals surface area contributed by atoms with E-state index in [0.29, 0.717) is 18.7 Å². The fourth-order valence-corrected chi connectivity index (χ4v) is 3.21. The molecule has 5 nitrogen and oxygen atoms in total. The molecule has 1 saturated heterocycles. The van der Waals surface area contributed by atoms with Crippen molar-refractivity contribution in [3.05, 3.63) is 71.3 Å². The summed E-state index contributed by atoms with van der Waals surface area (Å²) in [5, 5.41) is 18.7. The summed E-state index contributed by atoms with van der Waals surface area (Å²) >= 11 is 0. The van der Waals surface area contributed by atoms with Crippen LogP contribution >= 0.6 is 0 Å². The summed E-state index contributed by atoms with van der Waals surface area (Å²) in [6.45, 7) is 3.80. The molecule has 1 fully saturated rings. The largest absolute Gasteiger partial charge is 0.478 e. The third-order valence-corrected chi connectivity index (χ3v) is 4.53. The zero-order chi connectivity index (χ0) is 17.6. The molecule has 2 aromatic rings. The van der Waals surface area contributed by atoms with Gasteiger partial charge in [0, 0.05) is 32.7 Å². The van der Waals surface area contributed by atoms with Crippen LogP contribution in [-0.4, -0.2) is 46.6 Å². The molecule has 1 unspecified atom stereocenters. The number of nitrogens with zero attached hydrogens (tertiary/aromatic N) is 3. The molecule has 0 saturated carbocycles. The molecule has 1 N–H and O–H groups in total. The highest BCUT2D eigenvalue weighted by Gasteiger charge is 2.26. The lowest BCUT2D eigenvalue weighted by molar-refractivity contribution is 0.0696. The first kappa shape index (κ1) is 17.2. The molecule has 0 radical (unpaired) electrons. The first-order valence-electron chi connectivity index (χ1n) is 8.38. The van der Waals surface area contributed by atoms with E-state index in [4.69, 9.17) is 5.11 Å². The van der Waals surface area contributed by atoms with Crippen LogP contribution in [0.2, 0.25) is 0 Å². The van der Waals surface area contributed by atoms with Crippen molar-refractivity contribution in [3.63, 3.8) is 0 Å². The van der Waals surface area contributed by atoms with Crippen molar-refractivity contribution < 1.29 is 9.90 Å². The fraction of sp³-hybridized carbons (Fsp3) is 0.300. The minimum atomic E-state index is -0.913. The predicted octanol–water partition coefficient (Wildman–Crippen LogP) is 2.59. The minimum Gasteiger partial charge on any atom is -0.478 e. The van der Waals surface area contributed by atoms with Gasteiger partial charge in [0.1, 0.15) is 6.04 Å². The summed E-state index contributed by atoms with van der Waals surface area (Å²) in [6, 6.07) is 19.5. The topological polar surface area (TPSA) is 67.6 Å². The SMILES string of the molecule is N#CC1CN(Cc2cccc(C(=O)O)c2)CCN1Cc1ccccc1. The Kier molecular flexibility index (Phi) is 5.44. The van der Waals surface area contributed by atoms with Gasteiger partial charge in [-0.3, -0.25) is 9.80 Å². The van der Waals surface area contributed by atoms with Crippen molar-refractivity contribution in [1.82, 2.24) is 9.80 Å². The molecule has 1 atom stereocenters. The maximum atomic E-state index is 11.1. The molecular formula is C20H21N3O2. The zero-order valence-electron chi connectivity index (χ0n) is 14.0. The smallest absolute Gasteiger partial charge is 0.335 e. The number of nitriles is 1. The zero-order valence-corrected chi connectivity index (χ0v) is 14.0. The van der Waals surface area contributed by atoms with E-state index in [2.05, 4.69) is 28.0 Å². The average molecular weight is 335 g/mol.